The molecule has 8 heteroatoms. The van der Waals surface area contributed by atoms with E-state index in [9.17, 15) is 13.2 Å². The smallest absolute Gasteiger partial charge is 0.411 e. The molecule has 0 saturated heterocycles. The highest BCUT2D eigenvalue weighted by Gasteiger charge is 2.37. The summed E-state index contributed by atoms with van der Waals surface area (Å²) in [6, 6.07) is 11.3. The van der Waals surface area contributed by atoms with Gasteiger partial charge in [-0.25, -0.2) is 4.79 Å². The molecule has 2 aromatic rings. The third kappa shape index (κ3) is 4.94. The van der Waals surface area contributed by atoms with Crippen molar-refractivity contribution in [3.8, 4) is 5.75 Å². The number of carbonyl (C=O) groups excluding carboxylic acids is 1. The summed E-state index contributed by atoms with van der Waals surface area (Å²) in [5, 5.41) is 0. The second-order valence-corrected chi connectivity index (χ2v) is 9.86. The van der Waals surface area contributed by atoms with Gasteiger partial charge in [0.15, 0.2) is 0 Å². The van der Waals surface area contributed by atoms with E-state index in [1.807, 2.05) is 19.1 Å². The van der Waals surface area contributed by atoms with Gasteiger partial charge in [-0.05, 0) is 63.1 Å². The van der Waals surface area contributed by atoms with Gasteiger partial charge in [0.05, 0.1) is 31.2 Å². The predicted molar refractivity (Wildman–Crippen MR) is 112 cm³/mol. The minimum atomic E-state index is -3.97. The minimum absolute atomic E-state index is 0.0740. The normalized spacial score (nSPS) is 16.3. The van der Waals surface area contributed by atoms with E-state index in [0.29, 0.717) is 5.75 Å². The van der Waals surface area contributed by atoms with Crippen molar-refractivity contribution in [3.63, 3.8) is 0 Å². The molecule has 3 rings (SSSR count). The lowest BCUT2D eigenvalue weighted by atomic mass is 10.1. The molecule has 2 aromatic carbocycles. The molecule has 1 aliphatic heterocycles. The number of carbonyl (C=O) groups is 1. The predicted octanol–water partition coefficient (Wildman–Crippen LogP) is 4.20. The third-order valence-corrected chi connectivity index (χ3v) is 6.04. The summed E-state index contributed by atoms with van der Waals surface area (Å²) in [7, 11) is -2.40. The number of hydrogen-bond acceptors (Lipinski definition) is 6. The fraction of sp³-hybridized carbons (Fsp3) is 0.409. The van der Waals surface area contributed by atoms with Crippen LogP contribution in [0.3, 0.4) is 0 Å². The molecule has 0 saturated carbocycles. The second-order valence-electron chi connectivity index (χ2n) is 8.24. The van der Waals surface area contributed by atoms with Crippen LogP contribution in [-0.2, 0) is 25.6 Å². The molecule has 1 amide bonds. The summed E-state index contributed by atoms with van der Waals surface area (Å²) in [4.78, 5) is 14.4. The molecule has 0 unspecified atom stereocenters. The number of ether oxygens (including phenoxy) is 2. The fourth-order valence-corrected chi connectivity index (χ4v) is 4.17. The van der Waals surface area contributed by atoms with Gasteiger partial charge < -0.3 is 9.47 Å². The zero-order valence-corrected chi connectivity index (χ0v) is 18.7. The SMILES string of the molecule is COc1ccc2c(c1)CN(C(=O)OC(C)(C)C)[C@H]2COS(=O)(=O)c1ccc(C)cc1. The number of fused-ring (bicyclic) bond motifs is 1. The Bertz CT molecular complexity index is 1020. The van der Waals surface area contributed by atoms with E-state index >= 15 is 0 Å². The third-order valence-electron chi connectivity index (χ3n) is 4.74. The van der Waals surface area contributed by atoms with E-state index in [0.717, 1.165) is 16.7 Å². The van der Waals surface area contributed by atoms with Crippen LogP contribution in [0.4, 0.5) is 4.79 Å². The molecule has 0 N–H and O–H groups in total. The van der Waals surface area contributed by atoms with Crippen LogP contribution in [0.5, 0.6) is 5.75 Å². The lowest BCUT2D eigenvalue weighted by Crippen LogP contribution is -2.37. The van der Waals surface area contributed by atoms with Crippen molar-refractivity contribution in [3.05, 3.63) is 59.2 Å². The first kappa shape index (κ1) is 22.1. The van der Waals surface area contributed by atoms with Crippen molar-refractivity contribution >= 4 is 16.2 Å². The van der Waals surface area contributed by atoms with Crippen LogP contribution in [0.15, 0.2) is 47.4 Å². The summed E-state index contributed by atoms with van der Waals surface area (Å²) in [6.45, 7) is 7.29. The van der Waals surface area contributed by atoms with Crippen molar-refractivity contribution in [2.45, 2.75) is 50.8 Å². The van der Waals surface area contributed by atoms with Crippen LogP contribution >= 0.6 is 0 Å². The highest BCUT2D eigenvalue weighted by molar-refractivity contribution is 7.86. The molecule has 0 aliphatic carbocycles. The van der Waals surface area contributed by atoms with E-state index in [4.69, 9.17) is 13.7 Å². The van der Waals surface area contributed by atoms with Gasteiger partial charge in [0.2, 0.25) is 0 Å². The lowest BCUT2D eigenvalue weighted by molar-refractivity contribution is 0.0126. The average Bonchev–Trinajstić information content (AvgIpc) is 3.03. The maximum Gasteiger partial charge on any atom is 0.411 e. The maximum atomic E-state index is 12.8. The van der Waals surface area contributed by atoms with Gasteiger partial charge in [-0.2, -0.15) is 8.42 Å². The molecule has 0 radical (unpaired) electrons. The van der Waals surface area contributed by atoms with Crippen molar-refractivity contribution in [1.29, 1.82) is 0 Å². The molecule has 0 fully saturated rings. The highest BCUT2D eigenvalue weighted by Crippen LogP contribution is 2.37. The summed E-state index contributed by atoms with van der Waals surface area (Å²) in [5.41, 5.74) is 1.94. The molecule has 1 aliphatic rings. The Morgan fingerprint density at radius 1 is 1.13 bits per heavy atom. The standard InChI is InChI=1S/C22H27NO6S/c1-15-6-9-18(10-7-15)30(25,26)28-14-20-19-11-8-17(27-5)12-16(19)13-23(20)21(24)29-22(2,3)4/h6-12,20H,13-14H2,1-5H3/t20-/m0/s1. The second kappa shape index (κ2) is 8.28. The number of hydrogen-bond donors (Lipinski definition) is 0. The number of benzene rings is 2. The fourth-order valence-electron chi connectivity index (χ4n) is 3.25. The quantitative estimate of drug-likeness (QED) is 0.657. The van der Waals surface area contributed by atoms with E-state index in [-0.39, 0.29) is 18.0 Å². The molecule has 0 bridgehead atoms. The summed E-state index contributed by atoms with van der Waals surface area (Å²) >= 11 is 0. The molecular weight excluding hydrogens is 406 g/mol. The Hall–Kier alpha value is -2.58. The molecule has 1 heterocycles. The van der Waals surface area contributed by atoms with Crippen molar-refractivity contribution in [1.82, 2.24) is 4.90 Å². The Balaban J connectivity index is 1.86. The van der Waals surface area contributed by atoms with Gasteiger partial charge in [0.25, 0.3) is 10.1 Å². The first-order valence-electron chi connectivity index (χ1n) is 9.63. The first-order chi connectivity index (χ1) is 14.0. The van der Waals surface area contributed by atoms with Crippen LogP contribution in [0.2, 0.25) is 0 Å². The van der Waals surface area contributed by atoms with Crippen LogP contribution in [0, 0.1) is 6.92 Å². The van der Waals surface area contributed by atoms with Gasteiger partial charge >= 0.3 is 6.09 Å². The van der Waals surface area contributed by atoms with Crippen molar-refractivity contribution < 1.29 is 26.9 Å². The number of methoxy groups -OCH3 is 1. The van der Waals surface area contributed by atoms with Gasteiger partial charge in [0.1, 0.15) is 11.4 Å². The molecule has 1 atom stereocenters. The first-order valence-corrected chi connectivity index (χ1v) is 11.0. The zero-order chi connectivity index (χ0) is 22.1. The number of nitrogens with zero attached hydrogens (tertiary/aromatic N) is 1. The van der Waals surface area contributed by atoms with Crippen LogP contribution in [0.1, 0.15) is 43.5 Å². The Morgan fingerprint density at radius 2 is 1.80 bits per heavy atom. The average molecular weight is 434 g/mol. The van der Waals surface area contributed by atoms with E-state index in [1.54, 1.807) is 46.1 Å². The van der Waals surface area contributed by atoms with Gasteiger partial charge in [-0.1, -0.05) is 23.8 Å². The summed E-state index contributed by atoms with van der Waals surface area (Å²) < 4.78 is 41.4. The van der Waals surface area contributed by atoms with E-state index in [2.05, 4.69) is 0 Å². The number of amides is 1. The minimum Gasteiger partial charge on any atom is -0.497 e. The summed E-state index contributed by atoms with van der Waals surface area (Å²) in [5.74, 6) is 0.659. The topological polar surface area (TPSA) is 82.1 Å². The van der Waals surface area contributed by atoms with Crippen LogP contribution in [0.25, 0.3) is 0 Å². The van der Waals surface area contributed by atoms with Gasteiger partial charge in [0, 0.05) is 0 Å². The summed E-state index contributed by atoms with van der Waals surface area (Å²) in [6.07, 6.45) is -0.529. The molecule has 0 spiro atoms. The van der Waals surface area contributed by atoms with E-state index < -0.39 is 27.9 Å². The molecule has 7 nitrogen and oxygen atoms in total. The Labute approximate surface area is 177 Å². The van der Waals surface area contributed by atoms with Crippen molar-refractivity contribution in [2.75, 3.05) is 13.7 Å². The molecule has 162 valence electrons. The van der Waals surface area contributed by atoms with Gasteiger partial charge in [-0.3, -0.25) is 9.08 Å². The number of rotatable bonds is 5. The van der Waals surface area contributed by atoms with Crippen LogP contribution < -0.4 is 4.74 Å². The Morgan fingerprint density at radius 3 is 2.40 bits per heavy atom. The zero-order valence-electron chi connectivity index (χ0n) is 17.8. The lowest BCUT2D eigenvalue weighted by Gasteiger charge is -2.28. The Kier molecular flexibility index (Phi) is 6.10. The molecule has 0 aromatic heterocycles. The monoisotopic (exact) mass is 433 g/mol. The maximum absolute atomic E-state index is 12.8. The molecular formula is C22H27NO6S. The van der Waals surface area contributed by atoms with E-state index in [1.165, 1.54) is 17.0 Å². The largest absolute Gasteiger partial charge is 0.497 e. The van der Waals surface area contributed by atoms with Crippen LogP contribution in [-0.4, -0.2) is 38.7 Å². The number of aryl methyl sites for hydroxylation is 1. The van der Waals surface area contributed by atoms with Crippen molar-refractivity contribution in [2.24, 2.45) is 0 Å². The highest BCUT2D eigenvalue weighted by atomic mass is 32.2. The van der Waals surface area contributed by atoms with Gasteiger partial charge in [-0.15, -0.1) is 0 Å². The molecule has 30 heavy (non-hydrogen) atoms.